The van der Waals surface area contributed by atoms with E-state index in [1.807, 2.05) is 12.1 Å². The molecule has 0 N–H and O–H groups in total. The van der Waals surface area contributed by atoms with E-state index in [0.717, 1.165) is 12.0 Å². The fourth-order valence-electron chi connectivity index (χ4n) is 1.71. The van der Waals surface area contributed by atoms with Crippen molar-refractivity contribution in [3.63, 3.8) is 0 Å². The van der Waals surface area contributed by atoms with Gasteiger partial charge in [-0.25, -0.2) is 4.98 Å². The first-order chi connectivity index (χ1) is 8.83. The van der Waals surface area contributed by atoms with Gasteiger partial charge in [0.25, 0.3) is 0 Å². The first-order valence-corrected chi connectivity index (χ1v) is 5.94. The first-order valence-electron chi connectivity index (χ1n) is 5.94. The largest absolute Gasteiger partial charge is 0.487 e. The number of carbonyl (C=O) groups is 1. The highest BCUT2D eigenvalue weighted by molar-refractivity contribution is 5.75. The van der Waals surface area contributed by atoms with Crippen molar-refractivity contribution in [2.45, 2.75) is 20.0 Å². The van der Waals surface area contributed by atoms with Crippen LogP contribution < -0.4 is 4.74 Å². The smallest absolute Gasteiger partial charge is 0.172 e. The monoisotopic (exact) mass is 241 g/mol. The Morgan fingerprint density at radius 1 is 1.22 bits per heavy atom. The number of benzene rings is 1. The highest BCUT2D eigenvalue weighted by atomic mass is 16.5. The molecule has 2 aromatic rings. The molecule has 0 aliphatic rings. The molecule has 1 aromatic carbocycles. The zero-order valence-electron chi connectivity index (χ0n) is 10.3. The second-order valence-electron chi connectivity index (χ2n) is 3.97. The van der Waals surface area contributed by atoms with Gasteiger partial charge in [0.15, 0.2) is 6.29 Å². The highest BCUT2D eigenvalue weighted by Gasteiger charge is 2.03. The summed E-state index contributed by atoms with van der Waals surface area (Å²) in [6, 6.07) is 11.7. The van der Waals surface area contributed by atoms with Gasteiger partial charge in [-0.1, -0.05) is 31.2 Å². The van der Waals surface area contributed by atoms with E-state index in [1.54, 1.807) is 18.3 Å². The summed E-state index contributed by atoms with van der Waals surface area (Å²) in [6.45, 7) is 2.56. The van der Waals surface area contributed by atoms with Gasteiger partial charge in [-0.2, -0.15) is 0 Å². The maximum absolute atomic E-state index is 10.8. The Morgan fingerprint density at radius 2 is 2.06 bits per heavy atom. The number of aromatic nitrogens is 1. The van der Waals surface area contributed by atoms with Crippen LogP contribution in [0.4, 0.5) is 0 Å². The van der Waals surface area contributed by atoms with Gasteiger partial charge < -0.3 is 4.74 Å². The summed E-state index contributed by atoms with van der Waals surface area (Å²) < 4.78 is 5.62. The van der Waals surface area contributed by atoms with Crippen molar-refractivity contribution >= 4 is 6.29 Å². The van der Waals surface area contributed by atoms with Crippen LogP contribution in [0.1, 0.15) is 28.5 Å². The van der Waals surface area contributed by atoms with Crippen molar-refractivity contribution in [3.05, 3.63) is 59.4 Å². The molecule has 0 radical (unpaired) electrons. The van der Waals surface area contributed by atoms with E-state index in [9.17, 15) is 4.79 Å². The lowest BCUT2D eigenvalue weighted by Crippen LogP contribution is -2.00. The van der Waals surface area contributed by atoms with Crippen molar-refractivity contribution in [2.75, 3.05) is 0 Å². The van der Waals surface area contributed by atoms with E-state index in [1.165, 1.54) is 5.56 Å². The molecule has 0 bridgehead atoms. The third-order valence-corrected chi connectivity index (χ3v) is 2.71. The van der Waals surface area contributed by atoms with E-state index in [4.69, 9.17) is 4.74 Å². The SMILES string of the molecule is CCc1cccc(COc2cccnc2C=O)c1. The molecule has 0 aliphatic carbocycles. The minimum absolute atomic E-state index is 0.337. The van der Waals surface area contributed by atoms with Gasteiger partial charge in [-0.15, -0.1) is 0 Å². The Hall–Kier alpha value is -2.16. The van der Waals surface area contributed by atoms with Crippen molar-refractivity contribution in [3.8, 4) is 5.75 Å². The zero-order valence-corrected chi connectivity index (χ0v) is 10.3. The molecule has 0 unspecified atom stereocenters. The standard InChI is InChI=1S/C15H15NO2/c1-2-12-5-3-6-13(9-12)11-18-15-7-4-8-16-14(15)10-17/h3-10H,2,11H2,1H3. The Balaban J connectivity index is 2.08. The fourth-order valence-corrected chi connectivity index (χ4v) is 1.71. The molecule has 18 heavy (non-hydrogen) atoms. The summed E-state index contributed by atoms with van der Waals surface area (Å²) in [7, 11) is 0. The molecule has 1 aromatic heterocycles. The average Bonchev–Trinajstić information content (AvgIpc) is 2.45. The molecule has 0 amide bonds. The second kappa shape index (κ2) is 5.96. The number of pyridine rings is 1. The molecule has 0 spiro atoms. The average molecular weight is 241 g/mol. The minimum atomic E-state index is 0.337. The summed E-state index contributed by atoms with van der Waals surface area (Å²) in [4.78, 5) is 14.7. The molecule has 1 heterocycles. The van der Waals surface area contributed by atoms with Crippen molar-refractivity contribution < 1.29 is 9.53 Å². The fraction of sp³-hybridized carbons (Fsp3) is 0.200. The van der Waals surface area contributed by atoms with Crippen molar-refractivity contribution in [2.24, 2.45) is 0 Å². The van der Waals surface area contributed by atoms with Gasteiger partial charge in [0.1, 0.15) is 18.1 Å². The third kappa shape index (κ3) is 2.94. The molecule has 0 atom stereocenters. The molecule has 92 valence electrons. The Bertz CT molecular complexity index is 538. The van der Waals surface area contributed by atoms with E-state index >= 15 is 0 Å². The quantitative estimate of drug-likeness (QED) is 0.755. The zero-order chi connectivity index (χ0) is 12.8. The van der Waals surface area contributed by atoms with E-state index in [0.29, 0.717) is 24.3 Å². The third-order valence-electron chi connectivity index (χ3n) is 2.71. The predicted molar refractivity (Wildman–Crippen MR) is 69.8 cm³/mol. The summed E-state index contributed by atoms with van der Waals surface area (Å²) in [6.07, 6.45) is 3.28. The molecule has 2 rings (SSSR count). The van der Waals surface area contributed by atoms with Gasteiger partial charge in [-0.3, -0.25) is 4.79 Å². The number of carbonyl (C=O) groups excluding carboxylic acids is 1. The van der Waals surface area contributed by atoms with Crippen molar-refractivity contribution in [1.29, 1.82) is 0 Å². The van der Waals surface area contributed by atoms with Gasteiger partial charge in [-0.05, 0) is 29.7 Å². The number of nitrogens with zero attached hydrogens (tertiary/aromatic N) is 1. The second-order valence-corrected chi connectivity index (χ2v) is 3.97. The molecule has 0 saturated heterocycles. The summed E-state index contributed by atoms with van der Waals surface area (Å²) in [5.74, 6) is 0.523. The maximum atomic E-state index is 10.8. The van der Waals surface area contributed by atoms with Gasteiger partial charge in [0.05, 0.1) is 0 Å². The van der Waals surface area contributed by atoms with Crippen LogP contribution in [0.25, 0.3) is 0 Å². The number of aldehydes is 1. The van der Waals surface area contributed by atoms with Crippen LogP contribution in [0.2, 0.25) is 0 Å². The number of hydrogen-bond acceptors (Lipinski definition) is 3. The van der Waals surface area contributed by atoms with Crippen molar-refractivity contribution in [1.82, 2.24) is 4.98 Å². The molecule has 3 nitrogen and oxygen atoms in total. The van der Waals surface area contributed by atoms with Crippen LogP contribution in [0, 0.1) is 0 Å². The Morgan fingerprint density at radius 3 is 2.83 bits per heavy atom. The lowest BCUT2D eigenvalue weighted by Gasteiger charge is -2.08. The molecular weight excluding hydrogens is 226 g/mol. The maximum Gasteiger partial charge on any atom is 0.172 e. The minimum Gasteiger partial charge on any atom is -0.487 e. The van der Waals surface area contributed by atoms with Crippen LogP contribution in [0.15, 0.2) is 42.6 Å². The number of rotatable bonds is 5. The number of hydrogen-bond donors (Lipinski definition) is 0. The Labute approximate surface area is 106 Å². The highest BCUT2D eigenvalue weighted by Crippen LogP contribution is 2.15. The van der Waals surface area contributed by atoms with E-state index in [-0.39, 0.29) is 0 Å². The number of aryl methyl sites for hydroxylation is 1. The van der Waals surface area contributed by atoms with Gasteiger partial charge in [0.2, 0.25) is 0 Å². The lowest BCUT2D eigenvalue weighted by atomic mass is 10.1. The molecule has 3 heteroatoms. The molecule has 0 aliphatic heterocycles. The Kier molecular flexibility index (Phi) is 4.07. The molecule has 0 fully saturated rings. The topological polar surface area (TPSA) is 39.2 Å². The van der Waals surface area contributed by atoms with Crippen LogP contribution in [0.5, 0.6) is 5.75 Å². The van der Waals surface area contributed by atoms with Crippen LogP contribution in [0.3, 0.4) is 0 Å². The molecule has 0 saturated carbocycles. The van der Waals surface area contributed by atoms with Crippen LogP contribution >= 0.6 is 0 Å². The van der Waals surface area contributed by atoms with Gasteiger partial charge in [0, 0.05) is 6.20 Å². The predicted octanol–water partition coefficient (Wildman–Crippen LogP) is 3.04. The summed E-state index contributed by atoms with van der Waals surface area (Å²) in [5, 5.41) is 0. The normalized spacial score (nSPS) is 10.1. The van der Waals surface area contributed by atoms with E-state index < -0.39 is 0 Å². The molecular formula is C15H15NO2. The first kappa shape index (κ1) is 12.3. The summed E-state index contributed by atoms with van der Waals surface area (Å²) in [5.41, 5.74) is 2.71. The van der Waals surface area contributed by atoms with Crippen LogP contribution in [-0.2, 0) is 13.0 Å². The summed E-state index contributed by atoms with van der Waals surface area (Å²) >= 11 is 0. The van der Waals surface area contributed by atoms with Crippen LogP contribution in [-0.4, -0.2) is 11.3 Å². The van der Waals surface area contributed by atoms with Gasteiger partial charge >= 0.3 is 0 Å². The lowest BCUT2D eigenvalue weighted by molar-refractivity contribution is 0.111. The van der Waals surface area contributed by atoms with E-state index in [2.05, 4.69) is 24.0 Å². The number of ether oxygens (including phenoxy) is 1.